The number of methoxy groups -OCH3 is 1. The minimum Gasteiger partial charge on any atom is -0.461 e. The molecular weight excluding hydrogens is 298 g/mol. The molecule has 1 aromatic rings. The number of nitrogens with zero attached hydrogens (tertiary/aromatic N) is 1. The van der Waals surface area contributed by atoms with E-state index in [1.54, 1.807) is 14.0 Å². The number of hydrogen-bond donors (Lipinski definition) is 0. The molecule has 1 aliphatic rings. The van der Waals surface area contributed by atoms with Gasteiger partial charge in [0.25, 0.3) is 0 Å². The Kier molecular flexibility index (Phi) is 5.47. The Morgan fingerprint density at radius 3 is 2.61 bits per heavy atom. The summed E-state index contributed by atoms with van der Waals surface area (Å²) in [5, 5.41) is 3.88. The van der Waals surface area contributed by atoms with Crippen molar-refractivity contribution >= 4 is 5.97 Å². The molecule has 6 heteroatoms. The summed E-state index contributed by atoms with van der Waals surface area (Å²) in [6, 6.07) is 0. The molecule has 0 radical (unpaired) electrons. The lowest BCUT2D eigenvalue weighted by Gasteiger charge is -2.40. The van der Waals surface area contributed by atoms with Crippen LogP contribution in [0.25, 0.3) is 0 Å². The van der Waals surface area contributed by atoms with Gasteiger partial charge in [0.05, 0.1) is 18.8 Å². The number of esters is 1. The topological polar surface area (TPSA) is 70.8 Å². The molecular formula is C17H27NO5. The van der Waals surface area contributed by atoms with Gasteiger partial charge in [-0.15, -0.1) is 0 Å². The van der Waals surface area contributed by atoms with Crippen LogP contribution in [-0.4, -0.2) is 37.1 Å². The molecule has 1 aliphatic heterocycles. The predicted molar refractivity (Wildman–Crippen MR) is 84.3 cm³/mol. The lowest BCUT2D eigenvalue weighted by molar-refractivity contribution is -0.150. The summed E-state index contributed by atoms with van der Waals surface area (Å²) in [5.41, 5.74) is 0.892. The number of hydrogen-bond acceptors (Lipinski definition) is 6. The summed E-state index contributed by atoms with van der Waals surface area (Å²) in [7, 11) is 1.71. The maximum absolute atomic E-state index is 11.9. The Bertz CT molecular complexity index is 546. The number of carbonyl (C=O) groups is 1. The summed E-state index contributed by atoms with van der Waals surface area (Å²) in [6.07, 6.45) is 1.39. The van der Waals surface area contributed by atoms with Gasteiger partial charge in [0, 0.05) is 25.5 Å². The molecule has 23 heavy (non-hydrogen) atoms. The van der Waals surface area contributed by atoms with Crippen molar-refractivity contribution in [3.05, 3.63) is 17.0 Å². The first kappa shape index (κ1) is 17.9. The lowest BCUT2D eigenvalue weighted by atomic mass is 9.82. The second-order valence-electron chi connectivity index (χ2n) is 7.05. The van der Waals surface area contributed by atoms with Gasteiger partial charge < -0.3 is 18.7 Å². The zero-order valence-electron chi connectivity index (χ0n) is 14.8. The maximum Gasteiger partial charge on any atom is 0.360 e. The molecule has 2 rings (SSSR count). The van der Waals surface area contributed by atoms with E-state index in [4.69, 9.17) is 18.7 Å². The number of aromatic nitrogens is 1. The average molecular weight is 325 g/mol. The van der Waals surface area contributed by atoms with E-state index in [1.165, 1.54) is 0 Å². The summed E-state index contributed by atoms with van der Waals surface area (Å²) in [4.78, 5) is 11.9. The third-order valence-corrected chi connectivity index (χ3v) is 4.30. The van der Waals surface area contributed by atoms with Crippen LogP contribution in [0.5, 0.6) is 0 Å². The van der Waals surface area contributed by atoms with E-state index in [0.29, 0.717) is 24.4 Å². The fourth-order valence-corrected chi connectivity index (χ4v) is 2.84. The molecule has 0 spiro atoms. The Morgan fingerprint density at radius 2 is 2.04 bits per heavy atom. The smallest absolute Gasteiger partial charge is 0.360 e. The van der Waals surface area contributed by atoms with Gasteiger partial charge in [0.2, 0.25) is 0 Å². The highest BCUT2D eigenvalue weighted by atomic mass is 16.5. The molecule has 3 atom stereocenters. The Balaban J connectivity index is 2.24. The molecule has 1 aromatic heterocycles. The minimum atomic E-state index is -0.466. The van der Waals surface area contributed by atoms with Crippen LogP contribution in [-0.2, 0) is 14.2 Å². The fraction of sp³-hybridized carbons (Fsp3) is 0.765. The molecule has 130 valence electrons. The van der Waals surface area contributed by atoms with Crippen molar-refractivity contribution in [2.75, 3.05) is 13.7 Å². The third kappa shape index (κ3) is 3.93. The zero-order valence-corrected chi connectivity index (χ0v) is 14.8. The van der Waals surface area contributed by atoms with Crippen LogP contribution < -0.4 is 0 Å². The first-order valence-corrected chi connectivity index (χ1v) is 8.09. The summed E-state index contributed by atoms with van der Waals surface area (Å²) in [6.45, 7) is 10.3. The highest BCUT2D eigenvalue weighted by Crippen LogP contribution is 2.40. The van der Waals surface area contributed by atoms with Gasteiger partial charge in [-0.05, 0) is 19.3 Å². The van der Waals surface area contributed by atoms with E-state index in [9.17, 15) is 4.79 Å². The van der Waals surface area contributed by atoms with Crippen LogP contribution in [0.1, 0.15) is 68.5 Å². The van der Waals surface area contributed by atoms with Crippen LogP contribution in [0.2, 0.25) is 0 Å². The minimum absolute atomic E-state index is 0.00660. The van der Waals surface area contributed by atoms with Crippen molar-refractivity contribution < 1.29 is 23.5 Å². The van der Waals surface area contributed by atoms with Gasteiger partial charge in [0.1, 0.15) is 6.10 Å². The van der Waals surface area contributed by atoms with Gasteiger partial charge in [-0.2, -0.15) is 0 Å². The SMILES string of the molecule is CCOC(=O)c1noc([C@@H]2C[C@@H](OC)C[C@H](C(C)(C)C)O2)c1C. The maximum atomic E-state index is 11.9. The number of rotatable bonds is 4. The first-order valence-electron chi connectivity index (χ1n) is 8.09. The Morgan fingerprint density at radius 1 is 1.35 bits per heavy atom. The van der Waals surface area contributed by atoms with E-state index >= 15 is 0 Å². The van der Waals surface area contributed by atoms with E-state index < -0.39 is 5.97 Å². The number of carbonyl (C=O) groups excluding carboxylic acids is 1. The summed E-state index contributed by atoms with van der Waals surface area (Å²) < 4.78 is 22.2. The van der Waals surface area contributed by atoms with Crippen LogP contribution in [0.4, 0.5) is 0 Å². The van der Waals surface area contributed by atoms with Crippen molar-refractivity contribution in [2.45, 2.75) is 65.8 Å². The van der Waals surface area contributed by atoms with Crippen molar-refractivity contribution in [2.24, 2.45) is 5.41 Å². The van der Waals surface area contributed by atoms with Gasteiger partial charge in [-0.1, -0.05) is 25.9 Å². The largest absolute Gasteiger partial charge is 0.461 e. The first-order chi connectivity index (χ1) is 10.8. The molecule has 0 N–H and O–H groups in total. The molecule has 0 saturated carbocycles. The number of ether oxygens (including phenoxy) is 3. The van der Waals surface area contributed by atoms with Crippen molar-refractivity contribution in [3.8, 4) is 0 Å². The van der Waals surface area contributed by atoms with Gasteiger partial charge in [-0.25, -0.2) is 4.79 Å². The highest BCUT2D eigenvalue weighted by molar-refractivity contribution is 5.88. The second-order valence-corrected chi connectivity index (χ2v) is 7.05. The molecule has 1 saturated heterocycles. The molecule has 0 aliphatic carbocycles. The fourth-order valence-electron chi connectivity index (χ4n) is 2.84. The molecule has 6 nitrogen and oxygen atoms in total. The van der Waals surface area contributed by atoms with E-state index in [-0.39, 0.29) is 29.4 Å². The second kappa shape index (κ2) is 7.01. The molecule has 1 fully saturated rings. The van der Waals surface area contributed by atoms with Crippen molar-refractivity contribution in [1.82, 2.24) is 5.16 Å². The van der Waals surface area contributed by atoms with Crippen LogP contribution >= 0.6 is 0 Å². The van der Waals surface area contributed by atoms with Gasteiger partial charge in [-0.3, -0.25) is 0 Å². The third-order valence-electron chi connectivity index (χ3n) is 4.30. The van der Waals surface area contributed by atoms with Crippen LogP contribution in [0, 0.1) is 12.3 Å². The van der Waals surface area contributed by atoms with Gasteiger partial charge in [0.15, 0.2) is 11.5 Å². The summed E-state index contributed by atoms with van der Waals surface area (Å²) >= 11 is 0. The Hall–Kier alpha value is -1.40. The predicted octanol–water partition coefficient (Wildman–Crippen LogP) is 3.44. The monoisotopic (exact) mass is 325 g/mol. The molecule has 0 aromatic carbocycles. The van der Waals surface area contributed by atoms with Crippen molar-refractivity contribution in [3.63, 3.8) is 0 Å². The summed E-state index contributed by atoms with van der Waals surface area (Å²) in [5.74, 6) is 0.121. The average Bonchev–Trinajstić information content (AvgIpc) is 2.88. The van der Waals surface area contributed by atoms with Gasteiger partial charge >= 0.3 is 5.97 Å². The molecule has 0 amide bonds. The molecule has 0 unspecified atom stereocenters. The zero-order chi connectivity index (χ0) is 17.2. The van der Waals surface area contributed by atoms with E-state index in [1.807, 2.05) is 6.92 Å². The quantitative estimate of drug-likeness (QED) is 0.790. The highest BCUT2D eigenvalue weighted by Gasteiger charge is 2.39. The Labute approximate surface area is 137 Å². The lowest BCUT2D eigenvalue weighted by Crippen LogP contribution is -2.40. The normalized spacial score (nSPS) is 25.4. The van der Waals surface area contributed by atoms with Crippen molar-refractivity contribution in [1.29, 1.82) is 0 Å². The standard InChI is InChI=1S/C17H27NO5/c1-7-21-16(19)14-10(2)15(23-18-14)12-8-11(20-6)9-13(22-12)17(3,4)5/h11-13H,7-9H2,1-6H3/t11-,12+,13-/m1/s1. The van der Waals surface area contributed by atoms with E-state index in [2.05, 4.69) is 25.9 Å². The van der Waals surface area contributed by atoms with E-state index in [0.717, 1.165) is 6.42 Å². The molecule has 0 bridgehead atoms. The van der Waals surface area contributed by atoms with Crippen LogP contribution in [0.3, 0.4) is 0 Å². The molecule has 2 heterocycles. The van der Waals surface area contributed by atoms with Crippen LogP contribution in [0.15, 0.2) is 4.52 Å².